The summed E-state index contributed by atoms with van der Waals surface area (Å²) < 4.78 is 37.2. The first-order chi connectivity index (χ1) is 8.79. The lowest BCUT2D eigenvalue weighted by Gasteiger charge is -2.17. The van der Waals surface area contributed by atoms with Gasteiger partial charge in [0.25, 0.3) is 0 Å². The lowest BCUT2D eigenvalue weighted by molar-refractivity contribution is -0.137. The Morgan fingerprint density at radius 3 is 2.53 bits per heavy atom. The average molecular weight is 273 g/mol. The molecule has 0 aromatic carbocycles. The molecular weight excluding hydrogens is 259 g/mol. The van der Waals surface area contributed by atoms with E-state index in [9.17, 15) is 18.0 Å². The number of alkyl halides is 3. The second-order valence-corrected chi connectivity index (χ2v) is 4.79. The van der Waals surface area contributed by atoms with E-state index in [1.807, 2.05) is 6.92 Å². The molecule has 0 bridgehead atoms. The summed E-state index contributed by atoms with van der Waals surface area (Å²) >= 11 is 0. The smallest absolute Gasteiger partial charge is 0.369 e. The number of hydrogen-bond acceptors (Lipinski definition) is 3. The molecule has 0 unspecified atom stereocenters. The zero-order chi connectivity index (χ0) is 14.2. The summed E-state index contributed by atoms with van der Waals surface area (Å²) in [6.45, 7) is 2.85. The van der Waals surface area contributed by atoms with Crippen LogP contribution in [0.25, 0.3) is 0 Å². The number of nitrogens with two attached hydrogens (primary N) is 1. The van der Waals surface area contributed by atoms with Crippen molar-refractivity contribution in [3.05, 3.63) is 23.9 Å². The zero-order valence-corrected chi connectivity index (χ0v) is 10.3. The minimum absolute atomic E-state index is 0.0709. The van der Waals surface area contributed by atoms with Gasteiger partial charge in [-0.3, -0.25) is 4.79 Å². The van der Waals surface area contributed by atoms with E-state index in [0.29, 0.717) is 18.9 Å². The third kappa shape index (κ3) is 2.80. The Morgan fingerprint density at radius 2 is 2.11 bits per heavy atom. The summed E-state index contributed by atoms with van der Waals surface area (Å²) in [6.07, 6.45) is -3.59. The van der Waals surface area contributed by atoms with Crippen molar-refractivity contribution >= 4 is 11.7 Å². The Balaban J connectivity index is 2.14. The highest BCUT2D eigenvalue weighted by molar-refractivity contribution is 5.78. The van der Waals surface area contributed by atoms with Crippen LogP contribution in [0, 0.1) is 11.8 Å². The van der Waals surface area contributed by atoms with Crippen LogP contribution in [0.1, 0.15) is 12.5 Å². The molecule has 2 atom stereocenters. The van der Waals surface area contributed by atoms with Crippen molar-refractivity contribution in [3.8, 4) is 0 Å². The number of hydrogen-bond donors (Lipinski definition) is 1. The second kappa shape index (κ2) is 4.71. The molecule has 0 radical (unpaired) electrons. The normalized spacial score (nSPS) is 23.7. The minimum Gasteiger partial charge on any atom is -0.369 e. The Bertz CT molecular complexity index is 472. The SMILES string of the molecule is C[C@@H]1CN(c2ccc(C(F)(F)F)cn2)C[C@H]1C(N)=O. The summed E-state index contributed by atoms with van der Waals surface area (Å²) in [4.78, 5) is 16.8. The molecular formula is C12H14F3N3O. The van der Waals surface area contributed by atoms with Gasteiger partial charge >= 0.3 is 6.18 Å². The van der Waals surface area contributed by atoms with Crippen molar-refractivity contribution < 1.29 is 18.0 Å². The topological polar surface area (TPSA) is 59.2 Å². The fourth-order valence-corrected chi connectivity index (χ4v) is 2.27. The highest BCUT2D eigenvalue weighted by atomic mass is 19.4. The maximum atomic E-state index is 12.4. The van der Waals surface area contributed by atoms with E-state index in [1.165, 1.54) is 6.07 Å². The third-order valence-corrected chi connectivity index (χ3v) is 3.38. The van der Waals surface area contributed by atoms with Crippen molar-refractivity contribution in [2.75, 3.05) is 18.0 Å². The number of primary amides is 1. The Kier molecular flexibility index (Phi) is 3.38. The highest BCUT2D eigenvalue weighted by Gasteiger charge is 2.35. The van der Waals surface area contributed by atoms with Crippen molar-refractivity contribution in [1.29, 1.82) is 0 Å². The van der Waals surface area contributed by atoms with Crippen LogP contribution in [0.15, 0.2) is 18.3 Å². The first-order valence-corrected chi connectivity index (χ1v) is 5.86. The number of anilines is 1. The van der Waals surface area contributed by atoms with Crippen molar-refractivity contribution in [3.63, 3.8) is 0 Å². The van der Waals surface area contributed by atoms with Gasteiger partial charge in [0.05, 0.1) is 11.5 Å². The van der Waals surface area contributed by atoms with Gasteiger partial charge in [-0.2, -0.15) is 13.2 Å². The van der Waals surface area contributed by atoms with Gasteiger partial charge in [0.2, 0.25) is 5.91 Å². The first kappa shape index (κ1) is 13.6. The number of rotatable bonds is 2. The first-order valence-electron chi connectivity index (χ1n) is 5.86. The van der Waals surface area contributed by atoms with Crippen LogP contribution in [-0.2, 0) is 11.0 Å². The second-order valence-electron chi connectivity index (χ2n) is 4.79. The summed E-state index contributed by atoms with van der Waals surface area (Å²) in [5.41, 5.74) is 4.49. The molecule has 1 saturated heterocycles. The monoisotopic (exact) mass is 273 g/mol. The lowest BCUT2D eigenvalue weighted by Crippen LogP contribution is -2.29. The minimum atomic E-state index is -4.39. The molecule has 19 heavy (non-hydrogen) atoms. The van der Waals surface area contributed by atoms with Crippen molar-refractivity contribution in [2.45, 2.75) is 13.1 Å². The number of amides is 1. The number of aromatic nitrogens is 1. The number of pyridine rings is 1. The van der Waals surface area contributed by atoms with E-state index >= 15 is 0 Å². The molecule has 1 aliphatic heterocycles. The molecule has 4 nitrogen and oxygen atoms in total. The third-order valence-electron chi connectivity index (χ3n) is 3.38. The molecule has 7 heteroatoms. The van der Waals surface area contributed by atoms with E-state index in [4.69, 9.17) is 5.73 Å². The van der Waals surface area contributed by atoms with Gasteiger partial charge in [-0.15, -0.1) is 0 Å². The van der Waals surface area contributed by atoms with Gasteiger partial charge in [-0.25, -0.2) is 4.98 Å². The lowest BCUT2D eigenvalue weighted by atomic mass is 9.98. The van der Waals surface area contributed by atoms with Crippen LogP contribution in [0.4, 0.5) is 19.0 Å². The molecule has 0 saturated carbocycles. The summed E-state index contributed by atoms with van der Waals surface area (Å²) in [7, 11) is 0. The quantitative estimate of drug-likeness (QED) is 0.891. The van der Waals surface area contributed by atoms with Crippen LogP contribution in [0.5, 0.6) is 0 Å². The number of carbonyl (C=O) groups excluding carboxylic acids is 1. The molecule has 1 aromatic rings. The van der Waals surface area contributed by atoms with Crippen LogP contribution in [0.2, 0.25) is 0 Å². The van der Waals surface area contributed by atoms with E-state index < -0.39 is 11.7 Å². The number of halogens is 3. The largest absolute Gasteiger partial charge is 0.417 e. The summed E-state index contributed by atoms with van der Waals surface area (Å²) in [5, 5.41) is 0. The fraction of sp³-hybridized carbons (Fsp3) is 0.500. The molecule has 2 heterocycles. The van der Waals surface area contributed by atoms with Crippen LogP contribution >= 0.6 is 0 Å². The van der Waals surface area contributed by atoms with Crippen molar-refractivity contribution in [1.82, 2.24) is 4.98 Å². The van der Waals surface area contributed by atoms with Gasteiger partial charge in [-0.05, 0) is 18.1 Å². The number of nitrogens with zero attached hydrogens (tertiary/aromatic N) is 2. The van der Waals surface area contributed by atoms with E-state index in [2.05, 4.69) is 4.98 Å². The van der Waals surface area contributed by atoms with E-state index in [-0.39, 0.29) is 17.7 Å². The maximum Gasteiger partial charge on any atom is 0.417 e. The average Bonchev–Trinajstić information content (AvgIpc) is 2.70. The standard InChI is InChI=1S/C12H14F3N3O/c1-7-5-18(6-9(7)11(16)19)10-3-2-8(4-17-10)12(13,14)15/h2-4,7,9H,5-6H2,1H3,(H2,16,19)/t7-,9-/m1/s1. The number of carbonyl (C=O) groups is 1. The Labute approximate surface area is 108 Å². The van der Waals surface area contributed by atoms with Gasteiger partial charge in [-0.1, -0.05) is 6.92 Å². The zero-order valence-electron chi connectivity index (χ0n) is 10.3. The van der Waals surface area contributed by atoms with E-state index in [1.54, 1.807) is 4.90 Å². The Hall–Kier alpha value is -1.79. The van der Waals surface area contributed by atoms with Gasteiger partial charge in [0.15, 0.2) is 0 Å². The molecule has 1 aliphatic rings. The fourth-order valence-electron chi connectivity index (χ4n) is 2.27. The van der Waals surface area contributed by atoms with Crippen LogP contribution < -0.4 is 10.6 Å². The molecule has 1 fully saturated rings. The molecule has 1 aromatic heterocycles. The van der Waals surface area contributed by atoms with E-state index in [0.717, 1.165) is 12.3 Å². The molecule has 0 aliphatic carbocycles. The molecule has 2 N–H and O–H groups in total. The Morgan fingerprint density at radius 1 is 1.42 bits per heavy atom. The predicted molar refractivity (Wildman–Crippen MR) is 63.3 cm³/mol. The molecule has 1 amide bonds. The predicted octanol–water partition coefficient (Wildman–Crippen LogP) is 1.66. The van der Waals surface area contributed by atoms with Crippen molar-refractivity contribution in [2.24, 2.45) is 17.6 Å². The van der Waals surface area contributed by atoms with Gasteiger partial charge < -0.3 is 10.6 Å². The maximum absolute atomic E-state index is 12.4. The highest BCUT2D eigenvalue weighted by Crippen LogP contribution is 2.31. The molecule has 0 spiro atoms. The van der Waals surface area contributed by atoms with Crippen LogP contribution in [0.3, 0.4) is 0 Å². The van der Waals surface area contributed by atoms with Gasteiger partial charge in [0, 0.05) is 19.3 Å². The summed E-state index contributed by atoms with van der Waals surface area (Å²) in [6, 6.07) is 2.31. The molecule has 2 rings (SSSR count). The summed E-state index contributed by atoms with van der Waals surface area (Å²) in [5.74, 6) is -0.170. The van der Waals surface area contributed by atoms with Gasteiger partial charge in [0.1, 0.15) is 5.82 Å². The molecule has 104 valence electrons. The van der Waals surface area contributed by atoms with Crippen LogP contribution in [-0.4, -0.2) is 24.0 Å².